The number of carbonyl (C=O) groups excluding carboxylic acids is 2. The first-order valence-electron chi connectivity index (χ1n) is 9.27. The summed E-state index contributed by atoms with van der Waals surface area (Å²) in [5.41, 5.74) is 0.923. The summed E-state index contributed by atoms with van der Waals surface area (Å²) < 4.78 is 16.9. The number of esters is 1. The van der Waals surface area contributed by atoms with Crippen LogP contribution in [0.5, 0.6) is 5.75 Å². The molecule has 31 heavy (non-hydrogen) atoms. The number of anilines is 1. The van der Waals surface area contributed by atoms with Crippen molar-refractivity contribution in [3.8, 4) is 5.75 Å². The Morgan fingerprint density at radius 3 is 2.55 bits per heavy atom. The zero-order chi connectivity index (χ0) is 22.8. The largest absolute Gasteiger partial charge is 0.508 e. The maximum Gasteiger partial charge on any atom is 0.412 e. The smallest absolute Gasteiger partial charge is 0.412 e. The molecule has 0 saturated carbocycles. The molecule has 0 aromatic heterocycles. The van der Waals surface area contributed by atoms with Crippen LogP contribution in [0.25, 0.3) is 0 Å². The number of hydrogen-bond acceptors (Lipinski definition) is 8. The van der Waals surface area contributed by atoms with Gasteiger partial charge in [0.15, 0.2) is 6.10 Å². The summed E-state index contributed by atoms with van der Waals surface area (Å²) >= 11 is 8.82. The van der Waals surface area contributed by atoms with E-state index < -0.39 is 24.3 Å². The second kappa shape index (κ2) is 12.8. The Hall–Kier alpha value is -1.88. The molecule has 2 atom stereocenters. The van der Waals surface area contributed by atoms with Gasteiger partial charge in [-0.1, -0.05) is 15.9 Å². The number of nitrogens with one attached hydrogen (secondary N) is 1. The van der Waals surface area contributed by atoms with E-state index in [1.165, 1.54) is 13.2 Å². The van der Waals surface area contributed by atoms with E-state index in [1.54, 1.807) is 36.0 Å². The van der Waals surface area contributed by atoms with Gasteiger partial charge in [0.1, 0.15) is 11.9 Å². The molecule has 0 radical (unpaired) electrons. The molecule has 1 amide bonds. The van der Waals surface area contributed by atoms with Gasteiger partial charge < -0.3 is 19.3 Å². The minimum absolute atomic E-state index is 0.0399. The van der Waals surface area contributed by atoms with E-state index in [0.717, 1.165) is 4.90 Å². The lowest BCUT2D eigenvalue weighted by Crippen LogP contribution is -2.29. The van der Waals surface area contributed by atoms with E-state index in [1.807, 2.05) is 18.4 Å². The van der Waals surface area contributed by atoms with Gasteiger partial charge in [-0.25, -0.2) is 4.79 Å². The number of carbonyl (C=O) groups is 2. The molecule has 168 valence electrons. The standard InChI is InChI=1S/C21H24BrNO6S2/c1-27-18(9-10-28-19(25)12-30)20(16-11-13(22)3-8-17(16)24)29-21(26)23-14-4-6-15(31-2)7-5-14/h3-8,11,18,20,24,30H,9-10,12H2,1-2H3,(H,23,26)/t18-,20-/m1/s1. The van der Waals surface area contributed by atoms with Crippen molar-refractivity contribution in [1.82, 2.24) is 0 Å². The highest BCUT2D eigenvalue weighted by Gasteiger charge is 2.30. The second-order valence-corrected chi connectivity index (χ2v) is 8.44. The molecule has 10 heteroatoms. The van der Waals surface area contributed by atoms with Gasteiger partial charge in [0, 0.05) is 34.1 Å². The van der Waals surface area contributed by atoms with Crippen LogP contribution in [-0.4, -0.2) is 49.0 Å². The molecule has 2 aromatic rings. The Labute approximate surface area is 199 Å². The fourth-order valence-corrected chi connectivity index (χ4v) is 3.64. The van der Waals surface area contributed by atoms with Crippen molar-refractivity contribution in [1.29, 1.82) is 0 Å². The molecule has 0 spiro atoms. The molecule has 0 saturated heterocycles. The van der Waals surface area contributed by atoms with E-state index in [0.29, 0.717) is 15.7 Å². The zero-order valence-electron chi connectivity index (χ0n) is 17.0. The van der Waals surface area contributed by atoms with E-state index in [2.05, 4.69) is 33.9 Å². The Bertz CT molecular complexity index is 881. The highest BCUT2D eigenvalue weighted by atomic mass is 79.9. The second-order valence-electron chi connectivity index (χ2n) is 6.32. The number of phenols is 1. The number of benzene rings is 2. The van der Waals surface area contributed by atoms with Crippen LogP contribution in [0.3, 0.4) is 0 Å². The van der Waals surface area contributed by atoms with Gasteiger partial charge in [-0.15, -0.1) is 11.8 Å². The molecular weight excluding hydrogens is 506 g/mol. The third kappa shape index (κ3) is 7.95. The van der Waals surface area contributed by atoms with Gasteiger partial charge in [-0.2, -0.15) is 12.6 Å². The van der Waals surface area contributed by atoms with E-state index in [9.17, 15) is 14.7 Å². The molecule has 0 heterocycles. The monoisotopic (exact) mass is 529 g/mol. The molecular formula is C21H24BrNO6S2. The molecule has 0 fully saturated rings. The van der Waals surface area contributed by atoms with Crippen LogP contribution in [0.4, 0.5) is 10.5 Å². The maximum absolute atomic E-state index is 12.6. The molecule has 2 aromatic carbocycles. The Kier molecular flexibility index (Phi) is 10.5. The van der Waals surface area contributed by atoms with Crippen molar-refractivity contribution >= 4 is 58.1 Å². The number of thioether (sulfide) groups is 1. The highest BCUT2D eigenvalue weighted by molar-refractivity contribution is 9.10. The summed E-state index contributed by atoms with van der Waals surface area (Å²) in [4.78, 5) is 25.0. The van der Waals surface area contributed by atoms with Crippen molar-refractivity contribution in [2.24, 2.45) is 0 Å². The van der Waals surface area contributed by atoms with Crippen molar-refractivity contribution in [2.45, 2.75) is 23.5 Å². The third-order valence-electron chi connectivity index (χ3n) is 4.30. The summed E-state index contributed by atoms with van der Waals surface area (Å²) in [6.45, 7) is 0.0459. The van der Waals surface area contributed by atoms with Crippen LogP contribution in [0, 0.1) is 0 Å². The first-order chi connectivity index (χ1) is 14.9. The summed E-state index contributed by atoms with van der Waals surface area (Å²) in [6, 6.07) is 12.1. The molecule has 0 aliphatic carbocycles. The van der Waals surface area contributed by atoms with Crippen LogP contribution in [-0.2, 0) is 19.0 Å². The summed E-state index contributed by atoms with van der Waals surface area (Å²) in [5, 5.41) is 13.1. The van der Waals surface area contributed by atoms with Gasteiger partial charge in [0.2, 0.25) is 0 Å². The topological polar surface area (TPSA) is 94.1 Å². The lowest BCUT2D eigenvalue weighted by molar-refractivity contribution is -0.141. The van der Waals surface area contributed by atoms with Gasteiger partial charge in [0.25, 0.3) is 0 Å². The number of aromatic hydroxyl groups is 1. The predicted molar refractivity (Wildman–Crippen MR) is 127 cm³/mol. The van der Waals surface area contributed by atoms with E-state index >= 15 is 0 Å². The maximum atomic E-state index is 12.6. The number of thiol groups is 1. The van der Waals surface area contributed by atoms with E-state index in [-0.39, 0.29) is 24.5 Å². The van der Waals surface area contributed by atoms with Crippen molar-refractivity contribution in [3.05, 3.63) is 52.5 Å². The summed E-state index contributed by atoms with van der Waals surface area (Å²) in [5.74, 6) is -0.561. The van der Waals surface area contributed by atoms with Gasteiger partial charge >= 0.3 is 12.1 Å². The zero-order valence-corrected chi connectivity index (χ0v) is 20.3. The fraction of sp³-hybridized carbons (Fsp3) is 0.333. The summed E-state index contributed by atoms with van der Waals surface area (Å²) in [7, 11) is 1.45. The van der Waals surface area contributed by atoms with Crippen LogP contribution in [0.1, 0.15) is 18.1 Å². The molecule has 0 bridgehead atoms. The number of methoxy groups -OCH3 is 1. The number of phenolic OH excluding ortho intramolecular Hbond substituents is 1. The quantitative estimate of drug-likeness (QED) is 0.225. The van der Waals surface area contributed by atoms with Gasteiger partial charge in [-0.05, 0) is 48.7 Å². The van der Waals surface area contributed by atoms with Crippen LogP contribution in [0.2, 0.25) is 0 Å². The molecule has 0 aliphatic heterocycles. The SMILES string of the molecule is CO[C@H](CCOC(=O)CS)[C@H](OC(=O)Nc1ccc(SC)cc1)c1cc(Br)ccc1O. The first-order valence-corrected chi connectivity index (χ1v) is 11.9. The minimum Gasteiger partial charge on any atom is -0.508 e. The molecule has 0 unspecified atom stereocenters. The molecule has 2 rings (SSSR count). The van der Waals surface area contributed by atoms with Crippen LogP contribution in [0.15, 0.2) is 51.8 Å². The summed E-state index contributed by atoms with van der Waals surface area (Å²) in [6.07, 6.45) is -0.150. The number of halogens is 1. The van der Waals surface area contributed by atoms with Gasteiger partial charge in [0.05, 0.1) is 12.4 Å². The lowest BCUT2D eigenvalue weighted by Gasteiger charge is -2.27. The molecule has 7 nitrogen and oxygen atoms in total. The van der Waals surface area contributed by atoms with Crippen molar-refractivity contribution in [2.75, 3.05) is 31.0 Å². The predicted octanol–water partition coefficient (Wildman–Crippen LogP) is 5.04. The molecule has 0 aliphatic rings. The number of amides is 1. The lowest BCUT2D eigenvalue weighted by atomic mass is 10.0. The first kappa shape index (κ1) is 25.4. The minimum atomic E-state index is -0.956. The number of ether oxygens (including phenoxy) is 3. The molecule has 2 N–H and O–H groups in total. The van der Waals surface area contributed by atoms with Crippen molar-refractivity contribution < 1.29 is 28.9 Å². The van der Waals surface area contributed by atoms with Gasteiger partial charge in [-0.3, -0.25) is 10.1 Å². The fourth-order valence-electron chi connectivity index (χ4n) is 2.76. The Morgan fingerprint density at radius 2 is 1.94 bits per heavy atom. The van der Waals surface area contributed by atoms with Crippen LogP contribution < -0.4 is 5.32 Å². The Morgan fingerprint density at radius 1 is 1.23 bits per heavy atom. The normalized spacial score (nSPS) is 12.6. The third-order valence-corrected chi connectivity index (χ3v) is 5.80. The van der Waals surface area contributed by atoms with Crippen molar-refractivity contribution in [3.63, 3.8) is 0 Å². The average Bonchev–Trinajstić information content (AvgIpc) is 2.77. The highest BCUT2D eigenvalue weighted by Crippen LogP contribution is 2.34. The van der Waals surface area contributed by atoms with E-state index in [4.69, 9.17) is 14.2 Å². The van der Waals surface area contributed by atoms with Crippen LogP contribution >= 0.6 is 40.3 Å². The average molecular weight is 530 g/mol. The number of hydrogen-bond donors (Lipinski definition) is 3. The number of rotatable bonds is 10. The Balaban J connectivity index is 2.20.